The standard InChI is InChI=1S/C22H23N5OS/c1-14-8-10-15(11-9-14)26-19(28)18-16-6-2-3-7-17(16)29-20(18)27-21(23-24-22(26)27)25-12-4-5-13-25/h8-11H,2-7,12-13H2,1H3. The molecule has 4 heterocycles. The van der Waals surface area contributed by atoms with Gasteiger partial charge in [0.1, 0.15) is 4.83 Å². The van der Waals surface area contributed by atoms with E-state index in [0.717, 1.165) is 54.2 Å². The van der Waals surface area contributed by atoms with Gasteiger partial charge in [0.25, 0.3) is 5.56 Å². The number of nitrogens with zero attached hydrogens (tertiary/aromatic N) is 5. The summed E-state index contributed by atoms with van der Waals surface area (Å²) in [7, 11) is 0. The average molecular weight is 406 g/mol. The highest BCUT2D eigenvalue weighted by Gasteiger charge is 2.27. The van der Waals surface area contributed by atoms with E-state index in [1.165, 1.54) is 35.3 Å². The lowest BCUT2D eigenvalue weighted by Gasteiger charge is -2.16. The SMILES string of the molecule is Cc1ccc(-n2c(=O)c3c4c(sc3n3c(N5CCCC5)nnc23)CCCC4)cc1. The van der Waals surface area contributed by atoms with Gasteiger partial charge < -0.3 is 4.90 Å². The zero-order valence-electron chi connectivity index (χ0n) is 16.5. The second-order valence-corrected chi connectivity index (χ2v) is 9.28. The van der Waals surface area contributed by atoms with Crippen LogP contribution in [0.3, 0.4) is 0 Å². The number of hydrogen-bond donors (Lipinski definition) is 0. The molecule has 0 atom stereocenters. The number of anilines is 1. The van der Waals surface area contributed by atoms with E-state index in [0.29, 0.717) is 5.78 Å². The molecule has 0 unspecified atom stereocenters. The lowest BCUT2D eigenvalue weighted by Crippen LogP contribution is -2.24. The molecule has 0 saturated carbocycles. The highest BCUT2D eigenvalue weighted by molar-refractivity contribution is 7.19. The Hall–Kier alpha value is -2.67. The Morgan fingerprint density at radius 1 is 0.966 bits per heavy atom. The number of thiophene rings is 1. The van der Waals surface area contributed by atoms with Crippen LogP contribution in [-0.2, 0) is 12.8 Å². The molecule has 0 N–H and O–H groups in total. The van der Waals surface area contributed by atoms with Gasteiger partial charge in [-0.1, -0.05) is 17.7 Å². The maximum atomic E-state index is 13.8. The molecule has 1 aliphatic heterocycles. The summed E-state index contributed by atoms with van der Waals surface area (Å²) < 4.78 is 3.90. The zero-order chi connectivity index (χ0) is 19.5. The molecule has 6 rings (SSSR count). The largest absolute Gasteiger partial charge is 0.341 e. The topological polar surface area (TPSA) is 55.4 Å². The molecule has 148 valence electrons. The first-order chi connectivity index (χ1) is 14.2. The zero-order valence-corrected chi connectivity index (χ0v) is 17.3. The molecule has 1 saturated heterocycles. The Bertz CT molecular complexity index is 1290. The van der Waals surface area contributed by atoms with Crippen molar-refractivity contribution in [2.24, 2.45) is 0 Å². The van der Waals surface area contributed by atoms with Gasteiger partial charge in [0.15, 0.2) is 0 Å². The van der Waals surface area contributed by atoms with E-state index in [1.807, 2.05) is 24.3 Å². The van der Waals surface area contributed by atoms with E-state index in [1.54, 1.807) is 15.9 Å². The van der Waals surface area contributed by atoms with Crippen LogP contribution in [0, 0.1) is 6.92 Å². The van der Waals surface area contributed by atoms with Crippen molar-refractivity contribution in [1.82, 2.24) is 19.2 Å². The summed E-state index contributed by atoms with van der Waals surface area (Å²) in [6.07, 6.45) is 6.78. The third kappa shape index (κ3) is 2.50. The minimum absolute atomic E-state index is 0.0381. The summed E-state index contributed by atoms with van der Waals surface area (Å²) in [6.45, 7) is 4.05. The smallest absolute Gasteiger partial charge is 0.268 e. The van der Waals surface area contributed by atoms with Gasteiger partial charge in [-0.25, -0.2) is 8.97 Å². The quantitative estimate of drug-likeness (QED) is 0.508. The number of hydrogen-bond acceptors (Lipinski definition) is 5. The highest BCUT2D eigenvalue weighted by atomic mass is 32.1. The molecule has 1 fully saturated rings. The maximum Gasteiger partial charge on any atom is 0.268 e. The number of aromatic nitrogens is 4. The van der Waals surface area contributed by atoms with Crippen LogP contribution >= 0.6 is 11.3 Å². The molecule has 29 heavy (non-hydrogen) atoms. The van der Waals surface area contributed by atoms with Crippen molar-refractivity contribution in [3.63, 3.8) is 0 Å². The fourth-order valence-corrected chi connectivity index (χ4v) is 6.15. The van der Waals surface area contributed by atoms with Gasteiger partial charge >= 0.3 is 0 Å². The molecule has 4 aromatic rings. The molecule has 3 aromatic heterocycles. The Balaban J connectivity index is 1.75. The second-order valence-electron chi connectivity index (χ2n) is 8.20. The van der Waals surface area contributed by atoms with Crippen LogP contribution < -0.4 is 10.5 Å². The molecular formula is C22H23N5OS. The molecule has 6 nitrogen and oxygen atoms in total. The molecule has 1 aliphatic carbocycles. The lowest BCUT2D eigenvalue weighted by atomic mass is 9.97. The van der Waals surface area contributed by atoms with Crippen LogP contribution in [0.2, 0.25) is 0 Å². The first-order valence-electron chi connectivity index (χ1n) is 10.5. The Kier molecular flexibility index (Phi) is 3.81. The van der Waals surface area contributed by atoms with Gasteiger partial charge in [-0.3, -0.25) is 4.79 Å². The molecule has 0 spiro atoms. The number of rotatable bonds is 2. The number of benzene rings is 1. The normalized spacial score (nSPS) is 16.8. The van der Waals surface area contributed by atoms with Gasteiger partial charge in [-0.05, 0) is 63.1 Å². The van der Waals surface area contributed by atoms with Crippen molar-refractivity contribution < 1.29 is 0 Å². The Morgan fingerprint density at radius 3 is 2.52 bits per heavy atom. The summed E-state index contributed by atoms with van der Waals surface area (Å²) >= 11 is 1.77. The lowest BCUT2D eigenvalue weighted by molar-refractivity contribution is 0.699. The van der Waals surface area contributed by atoms with Crippen molar-refractivity contribution >= 4 is 33.3 Å². The molecule has 0 radical (unpaired) electrons. The van der Waals surface area contributed by atoms with Gasteiger partial charge in [-0.2, -0.15) is 0 Å². The summed E-state index contributed by atoms with van der Waals surface area (Å²) in [6, 6.07) is 8.10. The van der Waals surface area contributed by atoms with Crippen LogP contribution in [0.5, 0.6) is 0 Å². The first kappa shape index (κ1) is 17.2. The molecular weight excluding hydrogens is 382 g/mol. The number of aryl methyl sites for hydroxylation is 3. The van der Waals surface area contributed by atoms with E-state index < -0.39 is 0 Å². The van der Waals surface area contributed by atoms with Gasteiger partial charge in [0.2, 0.25) is 11.7 Å². The Morgan fingerprint density at radius 2 is 1.72 bits per heavy atom. The second kappa shape index (κ2) is 6.42. The molecule has 1 aromatic carbocycles. The fourth-order valence-electron chi connectivity index (χ4n) is 4.78. The predicted molar refractivity (Wildman–Crippen MR) is 117 cm³/mol. The van der Waals surface area contributed by atoms with Gasteiger partial charge in [0.05, 0.1) is 11.1 Å². The van der Waals surface area contributed by atoms with Crippen molar-refractivity contribution in [3.05, 3.63) is 50.6 Å². The van der Waals surface area contributed by atoms with Crippen molar-refractivity contribution in [2.75, 3.05) is 18.0 Å². The third-order valence-corrected chi connectivity index (χ3v) is 7.56. The molecule has 7 heteroatoms. The van der Waals surface area contributed by atoms with Crippen molar-refractivity contribution in [1.29, 1.82) is 0 Å². The van der Waals surface area contributed by atoms with E-state index in [4.69, 9.17) is 0 Å². The Labute approximate surface area is 172 Å². The molecule has 0 amide bonds. The van der Waals surface area contributed by atoms with Crippen LogP contribution in [0.25, 0.3) is 21.7 Å². The maximum absolute atomic E-state index is 13.8. The van der Waals surface area contributed by atoms with E-state index in [2.05, 4.69) is 26.4 Å². The van der Waals surface area contributed by atoms with Crippen LogP contribution in [0.1, 0.15) is 41.7 Å². The van der Waals surface area contributed by atoms with E-state index in [9.17, 15) is 4.79 Å². The minimum atomic E-state index is 0.0381. The van der Waals surface area contributed by atoms with Crippen molar-refractivity contribution in [3.8, 4) is 5.69 Å². The van der Waals surface area contributed by atoms with E-state index in [-0.39, 0.29) is 5.56 Å². The number of fused-ring (bicyclic) bond motifs is 5. The molecule has 2 aliphatic rings. The van der Waals surface area contributed by atoms with Gasteiger partial charge in [0, 0.05) is 18.0 Å². The minimum Gasteiger partial charge on any atom is -0.341 e. The summed E-state index contributed by atoms with van der Waals surface area (Å²) in [5.74, 6) is 1.49. The summed E-state index contributed by atoms with van der Waals surface area (Å²) in [5.41, 5.74) is 3.32. The van der Waals surface area contributed by atoms with Crippen LogP contribution in [-0.4, -0.2) is 32.3 Å². The summed E-state index contributed by atoms with van der Waals surface area (Å²) in [5, 5.41) is 9.96. The monoisotopic (exact) mass is 405 g/mol. The highest BCUT2D eigenvalue weighted by Crippen LogP contribution is 2.37. The summed E-state index contributed by atoms with van der Waals surface area (Å²) in [4.78, 5) is 18.5. The van der Waals surface area contributed by atoms with Crippen molar-refractivity contribution in [2.45, 2.75) is 45.4 Å². The average Bonchev–Trinajstić information content (AvgIpc) is 3.46. The third-order valence-electron chi connectivity index (χ3n) is 6.28. The van der Waals surface area contributed by atoms with E-state index >= 15 is 0 Å². The van der Waals surface area contributed by atoms with Gasteiger partial charge in [-0.15, -0.1) is 21.5 Å². The predicted octanol–water partition coefficient (Wildman–Crippen LogP) is 3.88. The first-order valence-corrected chi connectivity index (χ1v) is 11.3. The van der Waals surface area contributed by atoms with Crippen LogP contribution in [0.15, 0.2) is 29.1 Å². The van der Waals surface area contributed by atoms with Crippen LogP contribution in [0.4, 0.5) is 5.95 Å². The molecule has 0 bridgehead atoms. The fraction of sp³-hybridized carbons (Fsp3) is 0.409.